The van der Waals surface area contributed by atoms with E-state index in [4.69, 9.17) is 6.11 Å². The van der Waals surface area contributed by atoms with Gasteiger partial charge in [0.05, 0.1) is 0 Å². The van der Waals surface area contributed by atoms with Gasteiger partial charge in [0.25, 0.3) is 0 Å². The van der Waals surface area contributed by atoms with Gasteiger partial charge in [-0.25, -0.2) is 9.59 Å². The zero-order chi connectivity index (χ0) is 17.9. The van der Waals surface area contributed by atoms with Crippen molar-refractivity contribution in [3.63, 3.8) is 0 Å². The Labute approximate surface area is 138 Å². The average molecular weight is 327 g/mol. The molecule has 0 unspecified atom stereocenters. The monoisotopic (exact) mass is 327 g/mol. The number of carboxylic acids is 1. The number of carboxylic acid groups (broad SMARTS) is 1. The lowest BCUT2D eigenvalue weighted by Gasteiger charge is -2.38. The van der Waals surface area contributed by atoms with Gasteiger partial charge in [-0.2, -0.15) is 0 Å². The summed E-state index contributed by atoms with van der Waals surface area (Å²) in [6.07, 6.45) is 2.61. The summed E-state index contributed by atoms with van der Waals surface area (Å²) in [5.74, 6) is -1.30. The van der Waals surface area contributed by atoms with Gasteiger partial charge in [0.1, 0.15) is 17.7 Å². The molecule has 130 valence electrons. The summed E-state index contributed by atoms with van der Waals surface area (Å²) >= 11 is 0. The van der Waals surface area contributed by atoms with E-state index >= 15 is 0 Å². The minimum absolute atomic E-state index is 0.0710. The Morgan fingerprint density at radius 2 is 1.74 bits per heavy atom. The molecule has 2 rings (SSSR count). The summed E-state index contributed by atoms with van der Waals surface area (Å²) in [4.78, 5) is 39.4. The molecule has 2 heterocycles. The summed E-state index contributed by atoms with van der Waals surface area (Å²) in [6, 6.07) is -1.48. The van der Waals surface area contributed by atoms with Crippen molar-refractivity contribution in [2.45, 2.75) is 70.5 Å². The first kappa shape index (κ1) is 16.1. The number of carbonyl (C=O) groups excluding carboxylic acids is 2. The number of amides is 2. The molecular formula is C16H26N2O5. The molecule has 23 heavy (non-hydrogen) atoms. The van der Waals surface area contributed by atoms with Crippen molar-refractivity contribution in [1.82, 2.24) is 9.80 Å². The van der Waals surface area contributed by atoms with E-state index in [1.165, 1.54) is 9.80 Å². The average Bonchev–Trinajstić information content (AvgIpc) is 3.03. The van der Waals surface area contributed by atoms with Crippen LogP contribution in [0.2, 0.25) is 0 Å². The first-order valence-corrected chi connectivity index (χ1v) is 8.09. The molecular weight excluding hydrogens is 300 g/mol. The quantitative estimate of drug-likeness (QED) is 0.836. The first-order valence-electron chi connectivity index (χ1n) is 8.79. The Morgan fingerprint density at radius 1 is 1.09 bits per heavy atom. The van der Waals surface area contributed by atoms with E-state index < -0.39 is 29.7 Å². The first-order chi connectivity index (χ1) is 11.3. The highest BCUT2D eigenvalue weighted by Gasteiger charge is 2.42. The van der Waals surface area contributed by atoms with Gasteiger partial charge in [-0.05, 0) is 52.9 Å². The second-order valence-corrected chi connectivity index (χ2v) is 6.86. The predicted molar refractivity (Wildman–Crippen MR) is 82.9 cm³/mol. The van der Waals surface area contributed by atoms with Gasteiger partial charge in [-0.3, -0.25) is 9.69 Å². The number of aliphatic carboxylic acids is 1. The van der Waals surface area contributed by atoms with E-state index in [-0.39, 0.29) is 12.8 Å². The van der Waals surface area contributed by atoms with Crippen LogP contribution < -0.4 is 0 Å². The summed E-state index contributed by atoms with van der Waals surface area (Å²) < 4.78 is 12.8. The van der Waals surface area contributed by atoms with E-state index in [2.05, 4.69) is 0 Å². The lowest BCUT2D eigenvalue weighted by Crippen LogP contribution is -2.55. The largest absolute Gasteiger partial charge is 0.480 e. The third kappa shape index (κ3) is 4.14. The van der Waals surface area contributed by atoms with Crippen LogP contribution in [0.15, 0.2) is 0 Å². The smallest absolute Gasteiger partial charge is 0.410 e. The lowest BCUT2D eigenvalue weighted by molar-refractivity contribution is -0.150. The maximum atomic E-state index is 12.8. The van der Waals surface area contributed by atoms with Crippen LogP contribution in [0, 0.1) is 0 Å². The highest BCUT2D eigenvalue weighted by molar-refractivity contribution is 5.90. The molecule has 2 saturated heterocycles. The SMILES string of the molecule is [2H]CC(C)(C)OC(=O)N1CCCC[C@H]1C(=O)N1CCC[C@H]1C(=O)O. The Morgan fingerprint density at radius 3 is 2.39 bits per heavy atom. The van der Waals surface area contributed by atoms with Crippen LogP contribution in [0.25, 0.3) is 0 Å². The van der Waals surface area contributed by atoms with Crippen LogP contribution in [0.4, 0.5) is 4.79 Å². The van der Waals surface area contributed by atoms with Gasteiger partial charge in [0.15, 0.2) is 0 Å². The zero-order valence-corrected chi connectivity index (χ0v) is 13.8. The van der Waals surface area contributed by atoms with Crippen molar-refractivity contribution < 1.29 is 25.6 Å². The van der Waals surface area contributed by atoms with Crippen LogP contribution >= 0.6 is 0 Å². The van der Waals surface area contributed by atoms with Gasteiger partial charge in [0.2, 0.25) is 5.91 Å². The Bertz CT molecular complexity index is 511. The number of likely N-dealkylation sites (tertiary alicyclic amines) is 2. The van der Waals surface area contributed by atoms with Crippen LogP contribution in [0.3, 0.4) is 0 Å². The van der Waals surface area contributed by atoms with Crippen molar-refractivity contribution in [3.05, 3.63) is 0 Å². The zero-order valence-electron chi connectivity index (χ0n) is 14.8. The molecule has 0 aliphatic carbocycles. The third-order valence-corrected chi connectivity index (χ3v) is 4.21. The van der Waals surface area contributed by atoms with E-state index in [1.807, 2.05) is 0 Å². The second-order valence-electron chi connectivity index (χ2n) is 6.86. The molecule has 0 aromatic rings. The highest BCUT2D eigenvalue weighted by atomic mass is 16.6. The summed E-state index contributed by atoms with van der Waals surface area (Å²) in [6.45, 7) is 4.06. The fourth-order valence-corrected chi connectivity index (χ4v) is 3.18. The van der Waals surface area contributed by atoms with Crippen LogP contribution in [0.1, 0.15) is 54.2 Å². The Balaban J connectivity index is 2.12. The molecule has 2 aliphatic rings. The van der Waals surface area contributed by atoms with Gasteiger partial charge in [-0.1, -0.05) is 0 Å². The normalized spacial score (nSPS) is 25.9. The second kappa shape index (κ2) is 6.76. The van der Waals surface area contributed by atoms with E-state index in [9.17, 15) is 19.5 Å². The van der Waals surface area contributed by atoms with Crippen LogP contribution in [0.5, 0.6) is 0 Å². The van der Waals surface area contributed by atoms with Crippen LogP contribution in [-0.2, 0) is 14.3 Å². The number of carbonyl (C=O) groups is 3. The van der Waals surface area contributed by atoms with Crippen molar-refractivity contribution in [2.75, 3.05) is 13.1 Å². The maximum Gasteiger partial charge on any atom is 0.410 e. The fraction of sp³-hybridized carbons (Fsp3) is 0.812. The molecule has 7 heteroatoms. The molecule has 0 saturated carbocycles. The van der Waals surface area contributed by atoms with Crippen LogP contribution in [-0.4, -0.2) is 63.7 Å². The number of ether oxygens (including phenoxy) is 1. The molecule has 0 spiro atoms. The maximum absolute atomic E-state index is 12.8. The number of rotatable bonds is 2. The van der Waals surface area contributed by atoms with Crippen molar-refractivity contribution in [2.24, 2.45) is 0 Å². The third-order valence-electron chi connectivity index (χ3n) is 4.21. The van der Waals surface area contributed by atoms with Gasteiger partial charge < -0.3 is 14.7 Å². The Kier molecular flexibility index (Phi) is 4.73. The van der Waals surface area contributed by atoms with E-state index in [0.717, 1.165) is 12.8 Å². The molecule has 7 nitrogen and oxygen atoms in total. The molecule has 0 aromatic heterocycles. The van der Waals surface area contributed by atoms with Crippen molar-refractivity contribution >= 4 is 18.0 Å². The fourth-order valence-electron chi connectivity index (χ4n) is 3.18. The number of piperidine rings is 1. The summed E-state index contributed by atoms with van der Waals surface area (Å²) in [7, 11) is 0. The molecule has 2 aliphatic heterocycles. The molecule has 0 bridgehead atoms. The highest BCUT2D eigenvalue weighted by Crippen LogP contribution is 2.26. The summed E-state index contributed by atoms with van der Waals surface area (Å²) in [5, 5.41) is 9.27. The molecule has 2 amide bonds. The molecule has 2 fully saturated rings. The van der Waals surface area contributed by atoms with Gasteiger partial charge >= 0.3 is 12.1 Å². The van der Waals surface area contributed by atoms with Gasteiger partial charge in [-0.15, -0.1) is 0 Å². The van der Waals surface area contributed by atoms with Crippen molar-refractivity contribution in [3.8, 4) is 0 Å². The minimum atomic E-state index is -0.999. The van der Waals surface area contributed by atoms with Gasteiger partial charge in [0, 0.05) is 14.5 Å². The predicted octanol–water partition coefficient (Wildman–Crippen LogP) is 1.85. The lowest BCUT2D eigenvalue weighted by atomic mass is 10.0. The standard InChI is InChI=1S/C16H26N2O5/c1-16(2,3)23-15(22)18-9-5-4-7-11(18)13(19)17-10-6-8-12(17)14(20)21/h11-12H,4-10H2,1-3H3,(H,20,21)/t11-,12-/m0/s1/i1D. The Hall–Kier alpha value is -1.79. The topological polar surface area (TPSA) is 87.2 Å². The number of hydrogen-bond acceptors (Lipinski definition) is 4. The number of nitrogens with zero attached hydrogens (tertiary/aromatic N) is 2. The molecule has 0 radical (unpaired) electrons. The minimum Gasteiger partial charge on any atom is -0.480 e. The van der Waals surface area contributed by atoms with Crippen molar-refractivity contribution in [1.29, 1.82) is 0 Å². The molecule has 2 atom stereocenters. The molecule has 1 N–H and O–H groups in total. The van der Waals surface area contributed by atoms with E-state index in [0.29, 0.717) is 32.4 Å². The van der Waals surface area contributed by atoms with E-state index in [1.54, 1.807) is 13.8 Å². The summed E-state index contributed by atoms with van der Waals surface area (Å²) in [5.41, 5.74) is -0.917. The number of hydrogen-bond donors (Lipinski definition) is 1. The molecule has 0 aromatic carbocycles.